The Hall–Kier alpha value is -3.36. The van der Waals surface area contributed by atoms with Crippen LogP contribution in [0.5, 0.6) is 0 Å². The van der Waals surface area contributed by atoms with Gasteiger partial charge in [-0.1, -0.05) is 23.4 Å². The highest BCUT2D eigenvalue weighted by Crippen LogP contribution is 2.47. The Bertz CT molecular complexity index is 1500. The Morgan fingerprint density at radius 2 is 1.95 bits per heavy atom. The van der Waals surface area contributed by atoms with Gasteiger partial charge < -0.3 is 20.1 Å². The van der Waals surface area contributed by atoms with E-state index in [9.17, 15) is 13.2 Å². The molecule has 2 aliphatic heterocycles. The zero-order valence-electron chi connectivity index (χ0n) is 20.6. The number of piperidine rings is 1. The van der Waals surface area contributed by atoms with Crippen LogP contribution in [0, 0.1) is 12.3 Å². The second-order valence-electron chi connectivity index (χ2n) is 9.47. The molecule has 1 fully saturated rings. The van der Waals surface area contributed by atoms with Crippen molar-refractivity contribution in [1.82, 2.24) is 29.1 Å². The molecule has 0 bridgehead atoms. The zero-order valence-corrected chi connectivity index (χ0v) is 22.2. The lowest BCUT2D eigenvalue weighted by Crippen LogP contribution is -2.45. The number of carboxylic acid groups (broad SMARTS) is 1. The first kappa shape index (κ1) is 27.2. The van der Waals surface area contributed by atoms with E-state index in [2.05, 4.69) is 29.6 Å². The number of fused-ring (bicyclic) bond motifs is 2. The maximum atomic E-state index is 10.6. The molecule has 6 rings (SSSR count). The van der Waals surface area contributed by atoms with Gasteiger partial charge in [-0.3, -0.25) is 4.68 Å². The Morgan fingerprint density at radius 1 is 1.23 bits per heavy atom. The number of imidazole rings is 1. The number of nitrogens with two attached hydrogens (primary N) is 1. The van der Waals surface area contributed by atoms with Crippen LogP contribution in [0.2, 0.25) is 5.02 Å². The first-order valence-electron chi connectivity index (χ1n) is 11.9. The molecular weight excluding hydrogens is 557 g/mol. The highest BCUT2D eigenvalue weighted by atomic mass is 35.5. The molecule has 0 radical (unpaired) electrons. The van der Waals surface area contributed by atoms with Crippen molar-refractivity contribution in [1.29, 1.82) is 0 Å². The summed E-state index contributed by atoms with van der Waals surface area (Å²) < 4.78 is 35.7. The summed E-state index contributed by atoms with van der Waals surface area (Å²) in [6, 6.07) is 4.08. The molecule has 1 spiro atoms. The van der Waals surface area contributed by atoms with Gasteiger partial charge >= 0.3 is 12.1 Å². The van der Waals surface area contributed by atoms with E-state index in [1.807, 2.05) is 54.4 Å². The number of halogens is 4. The fraction of sp³-hybridized carbons (Fsp3) is 0.375. The molecular formula is C24H24ClF3N8O2S. The molecule has 2 aliphatic rings. The summed E-state index contributed by atoms with van der Waals surface area (Å²) in [5.41, 5.74) is 9.55. The molecule has 0 aliphatic carbocycles. The molecule has 0 aromatic carbocycles. The van der Waals surface area contributed by atoms with E-state index in [1.54, 1.807) is 0 Å². The summed E-state index contributed by atoms with van der Waals surface area (Å²) in [4.78, 5) is 25.9. The molecule has 0 unspecified atom stereocenters. The van der Waals surface area contributed by atoms with Crippen LogP contribution in [-0.2, 0) is 11.3 Å². The van der Waals surface area contributed by atoms with Crippen molar-refractivity contribution in [3.05, 3.63) is 59.5 Å². The highest BCUT2D eigenvalue weighted by molar-refractivity contribution is 7.99. The van der Waals surface area contributed by atoms with Crippen LogP contribution in [-0.4, -0.2) is 59.5 Å². The molecule has 206 valence electrons. The summed E-state index contributed by atoms with van der Waals surface area (Å²) in [6.45, 7) is 4.70. The van der Waals surface area contributed by atoms with Crippen molar-refractivity contribution in [2.45, 2.75) is 48.4 Å². The largest absolute Gasteiger partial charge is 0.490 e. The van der Waals surface area contributed by atoms with Crippen LogP contribution >= 0.6 is 23.4 Å². The van der Waals surface area contributed by atoms with Gasteiger partial charge in [-0.05, 0) is 31.9 Å². The first-order chi connectivity index (χ1) is 18.5. The maximum absolute atomic E-state index is 10.6. The summed E-state index contributed by atoms with van der Waals surface area (Å²) in [5.74, 6) is -1.86. The van der Waals surface area contributed by atoms with E-state index in [4.69, 9.17) is 27.2 Å². The fourth-order valence-electron chi connectivity index (χ4n) is 4.94. The van der Waals surface area contributed by atoms with E-state index in [-0.39, 0.29) is 11.5 Å². The topological polar surface area (TPSA) is 127 Å². The molecule has 0 amide bonds. The average molecular weight is 581 g/mol. The van der Waals surface area contributed by atoms with Crippen molar-refractivity contribution < 1.29 is 23.1 Å². The van der Waals surface area contributed by atoms with Crippen LogP contribution < -0.4 is 10.6 Å². The summed E-state index contributed by atoms with van der Waals surface area (Å²) >= 11 is 8.08. The van der Waals surface area contributed by atoms with E-state index in [0.29, 0.717) is 5.02 Å². The molecule has 4 aromatic heterocycles. The van der Waals surface area contributed by atoms with Gasteiger partial charge in [0, 0.05) is 48.5 Å². The molecule has 1 saturated heterocycles. The van der Waals surface area contributed by atoms with Crippen molar-refractivity contribution in [2.75, 3.05) is 18.0 Å². The minimum atomic E-state index is -5.08. The average Bonchev–Trinajstić information content (AvgIpc) is 3.57. The molecule has 15 heteroatoms. The summed E-state index contributed by atoms with van der Waals surface area (Å²) in [6.07, 6.45) is 6.40. The second-order valence-corrected chi connectivity index (χ2v) is 10.9. The summed E-state index contributed by atoms with van der Waals surface area (Å²) in [7, 11) is 0. The van der Waals surface area contributed by atoms with Gasteiger partial charge in [0.2, 0.25) is 0 Å². The number of carboxylic acids is 1. The molecule has 4 aromatic rings. The van der Waals surface area contributed by atoms with Gasteiger partial charge in [0.05, 0.1) is 34.8 Å². The van der Waals surface area contributed by atoms with Gasteiger partial charge in [0.25, 0.3) is 0 Å². The lowest BCUT2D eigenvalue weighted by molar-refractivity contribution is -0.192. The molecule has 10 nitrogen and oxygen atoms in total. The quantitative estimate of drug-likeness (QED) is 0.363. The van der Waals surface area contributed by atoms with Gasteiger partial charge in [-0.25, -0.2) is 19.7 Å². The fourth-order valence-corrected chi connectivity index (χ4v) is 6.00. The standard InChI is InChI=1S/C22H23ClN8S.C2HF3O2/c1-14-12-30-7-3-16(19(23)21(30)28-14)32-18-11-25-17(10-26-18)29-8-4-22(5-9-29)13-31-15(20(22)24)2-6-27-31;3-2(4,5)1(6)7/h2-3,6-7,10-12,20H,4-5,8-9,13,24H2,1H3;(H,6,7)/t20-;/m1./s1. The lowest BCUT2D eigenvalue weighted by atomic mass is 9.73. The van der Waals surface area contributed by atoms with E-state index >= 15 is 0 Å². The number of aromatic nitrogens is 6. The van der Waals surface area contributed by atoms with Crippen LogP contribution in [0.3, 0.4) is 0 Å². The minimum absolute atomic E-state index is 0.0537. The number of pyridine rings is 1. The predicted octanol–water partition coefficient (Wildman–Crippen LogP) is 4.37. The Kier molecular flexibility index (Phi) is 7.20. The van der Waals surface area contributed by atoms with Gasteiger partial charge in [0.15, 0.2) is 5.65 Å². The number of aryl methyl sites for hydroxylation is 1. The van der Waals surface area contributed by atoms with Gasteiger partial charge in [0.1, 0.15) is 10.8 Å². The number of hydrogen-bond acceptors (Lipinski definition) is 8. The number of aliphatic carboxylic acids is 1. The molecule has 0 saturated carbocycles. The Balaban J connectivity index is 0.000000392. The van der Waals surface area contributed by atoms with Crippen LogP contribution in [0.4, 0.5) is 19.0 Å². The number of nitrogens with zero attached hydrogens (tertiary/aromatic N) is 7. The van der Waals surface area contributed by atoms with Crippen molar-refractivity contribution in [2.24, 2.45) is 11.1 Å². The van der Waals surface area contributed by atoms with Crippen LogP contribution in [0.1, 0.15) is 30.3 Å². The van der Waals surface area contributed by atoms with E-state index in [0.717, 1.165) is 65.3 Å². The normalized spacial score (nSPS) is 18.2. The minimum Gasteiger partial charge on any atom is -0.475 e. The number of hydrogen-bond donors (Lipinski definition) is 2. The van der Waals surface area contributed by atoms with E-state index in [1.165, 1.54) is 11.8 Å². The molecule has 39 heavy (non-hydrogen) atoms. The smallest absolute Gasteiger partial charge is 0.475 e. The van der Waals surface area contributed by atoms with Gasteiger partial charge in [-0.2, -0.15) is 18.3 Å². The number of anilines is 1. The Labute approximate surface area is 230 Å². The monoisotopic (exact) mass is 580 g/mol. The van der Waals surface area contributed by atoms with Crippen molar-refractivity contribution in [3.63, 3.8) is 0 Å². The zero-order chi connectivity index (χ0) is 27.9. The maximum Gasteiger partial charge on any atom is 0.490 e. The number of carbonyl (C=O) groups is 1. The molecule has 6 heterocycles. The van der Waals surface area contributed by atoms with Crippen LogP contribution in [0.25, 0.3) is 5.65 Å². The SMILES string of the molecule is Cc1cn2ccc(Sc3cnc(N4CCC5(CC4)Cn4nccc4[C@H]5N)cn3)c(Cl)c2n1.O=C(O)C(F)(F)F. The van der Waals surface area contributed by atoms with Gasteiger partial charge in [-0.15, -0.1) is 0 Å². The third-order valence-corrected chi connectivity index (χ3v) is 8.46. The second kappa shape index (κ2) is 10.3. The first-order valence-corrected chi connectivity index (χ1v) is 13.1. The lowest BCUT2D eigenvalue weighted by Gasteiger charge is -2.41. The highest BCUT2D eigenvalue weighted by Gasteiger charge is 2.47. The number of rotatable bonds is 3. The molecule has 3 N–H and O–H groups in total. The molecule has 1 atom stereocenters. The third-order valence-electron chi connectivity index (χ3n) is 7.00. The summed E-state index contributed by atoms with van der Waals surface area (Å²) in [5, 5.41) is 13.0. The number of alkyl halides is 3. The van der Waals surface area contributed by atoms with Crippen molar-refractivity contribution >= 4 is 40.8 Å². The van der Waals surface area contributed by atoms with E-state index < -0.39 is 12.1 Å². The predicted molar refractivity (Wildman–Crippen MR) is 138 cm³/mol. The third kappa shape index (κ3) is 5.40. The van der Waals surface area contributed by atoms with Crippen molar-refractivity contribution in [3.8, 4) is 0 Å². The Morgan fingerprint density at radius 3 is 2.56 bits per heavy atom. The van der Waals surface area contributed by atoms with Crippen LogP contribution in [0.15, 0.2) is 53.0 Å².